The van der Waals surface area contributed by atoms with Crippen LogP contribution in [0.1, 0.15) is 29.5 Å². The van der Waals surface area contributed by atoms with E-state index in [0.29, 0.717) is 5.95 Å². The van der Waals surface area contributed by atoms with Crippen molar-refractivity contribution in [1.82, 2.24) is 14.6 Å². The molecule has 1 fully saturated rings. The average Bonchev–Trinajstić information content (AvgIpc) is 3.28. The van der Waals surface area contributed by atoms with Gasteiger partial charge >= 0.3 is 0 Å². The van der Waals surface area contributed by atoms with Gasteiger partial charge in [0.25, 0.3) is 0 Å². The zero-order valence-corrected chi connectivity index (χ0v) is 19.6. The molecule has 1 atom stereocenters. The van der Waals surface area contributed by atoms with Gasteiger partial charge in [0.2, 0.25) is 5.95 Å². The van der Waals surface area contributed by atoms with Crippen molar-refractivity contribution in [2.75, 3.05) is 29.9 Å². The summed E-state index contributed by atoms with van der Waals surface area (Å²) in [4.78, 5) is 7.07. The van der Waals surface area contributed by atoms with Gasteiger partial charge in [-0.1, -0.05) is 47.5 Å². The Kier molecular flexibility index (Phi) is 5.98. The maximum absolute atomic E-state index is 10.8. The van der Waals surface area contributed by atoms with E-state index >= 15 is 0 Å². The molecule has 1 aliphatic heterocycles. The first-order chi connectivity index (χ1) is 16.5. The summed E-state index contributed by atoms with van der Waals surface area (Å²) in [6, 6.07) is 20.5. The van der Waals surface area contributed by atoms with E-state index in [-0.39, 0.29) is 6.61 Å². The minimum absolute atomic E-state index is 0.248. The number of nitrogens with zero attached hydrogens (tertiary/aromatic N) is 4. The monoisotopic (exact) mass is 457 g/mol. The second kappa shape index (κ2) is 9.08. The molecule has 7 heteroatoms. The van der Waals surface area contributed by atoms with Crippen molar-refractivity contribution < 1.29 is 10.2 Å². The molecular weight excluding hydrogens is 426 g/mol. The van der Waals surface area contributed by atoms with E-state index < -0.39 is 11.5 Å². The van der Waals surface area contributed by atoms with Gasteiger partial charge in [-0.15, -0.1) is 5.10 Å². The Morgan fingerprint density at radius 3 is 2.26 bits per heavy atom. The Labute approximate surface area is 199 Å². The maximum Gasteiger partial charge on any atom is 0.247 e. The summed E-state index contributed by atoms with van der Waals surface area (Å²) in [6.45, 7) is 5.37. The normalized spacial score (nSPS) is 16.5. The first-order valence-electron chi connectivity index (χ1n) is 11.8. The van der Waals surface area contributed by atoms with Crippen LogP contribution in [0.2, 0.25) is 0 Å². The molecule has 4 aromatic rings. The maximum atomic E-state index is 10.8. The fourth-order valence-electron chi connectivity index (χ4n) is 4.98. The Morgan fingerprint density at radius 1 is 0.971 bits per heavy atom. The molecule has 0 amide bonds. The number of anilines is 3. The molecule has 34 heavy (non-hydrogen) atoms. The lowest BCUT2D eigenvalue weighted by Gasteiger charge is -2.45. The summed E-state index contributed by atoms with van der Waals surface area (Å²) in [5.74, 6) is 0.554. The first kappa shape index (κ1) is 22.4. The van der Waals surface area contributed by atoms with Crippen molar-refractivity contribution in [3.05, 3.63) is 83.6 Å². The van der Waals surface area contributed by atoms with E-state index in [2.05, 4.69) is 71.6 Å². The minimum atomic E-state index is -0.799. The first-order valence-corrected chi connectivity index (χ1v) is 11.8. The number of aliphatic hydroxyl groups is 2. The predicted molar refractivity (Wildman–Crippen MR) is 135 cm³/mol. The highest BCUT2D eigenvalue weighted by molar-refractivity contribution is 5.71. The number of piperidine rings is 1. The molecular formula is C27H31N5O2. The summed E-state index contributed by atoms with van der Waals surface area (Å²) in [7, 11) is 0. The molecule has 1 aliphatic rings. The Balaban J connectivity index is 1.40. The minimum Gasteiger partial charge on any atom is -0.394 e. The number of benzene rings is 2. The van der Waals surface area contributed by atoms with Crippen LogP contribution in [0.5, 0.6) is 0 Å². The molecule has 1 unspecified atom stereocenters. The molecule has 5 rings (SSSR count). The van der Waals surface area contributed by atoms with Crippen LogP contribution in [0.3, 0.4) is 0 Å². The SMILES string of the molecule is Cc1ccc(Nc2nc3c(N4CCC(c5ccc(C)cc5)(C(O)CO)CC4)cccn3n2)cc1. The number of aromatic nitrogens is 3. The highest BCUT2D eigenvalue weighted by Crippen LogP contribution is 2.40. The van der Waals surface area contributed by atoms with Crippen LogP contribution >= 0.6 is 0 Å². The van der Waals surface area contributed by atoms with Crippen LogP contribution in [0.25, 0.3) is 5.65 Å². The highest BCUT2D eigenvalue weighted by Gasteiger charge is 2.42. The van der Waals surface area contributed by atoms with E-state index in [1.165, 1.54) is 11.1 Å². The number of rotatable bonds is 6. The standard InChI is InChI=1S/C27H31N5O2/c1-19-5-9-21(10-6-19)27(24(34)18-33)13-16-31(17-14-27)23-4-3-15-32-25(23)29-26(30-32)28-22-11-7-20(2)8-12-22/h3-12,15,24,33-34H,13-14,16-18H2,1-2H3,(H,28,30). The van der Waals surface area contributed by atoms with Crippen molar-refractivity contribution in [3.8, 4) is 0 Å². The van der Waals surface area contributed by atoms with Gasteiger partial charge in [-0.25, -0.2) is 4.52 Å². The van der Waals surface area contributed by atoms with Gasteiger partial charge in [-0.2, -0.15) is 4.98 Å². The van der Waals surface area contributed by atoms with Crippen molar-refractivity contribution in [1.29, 1.82) is 0 Å². The summed E-state index contributed by atoms with van der Waals surface area (Å²) in [5.41, 5.74) is 5.77. The van der Waals surface area contributed by atoms with Crippen molar-refractivity contribution in [2.24, 2.45) is 0 Å². The molecule has 176 valence electrons. The van der Waals surface area contributed by atoms with Crippen LogP contribution in [0.15, 0.2) is 66.9 Å². The third-order valence-electron chi connectivity index (χ3n) is 7.08. The molecule has 0 aliphatic carbocycles. The third-order valence-corrected chi connectivity index (χ3v) is 7.08. The summed E-state index contributed by atoms with van der Waals surface area (Å²) in [5, 5.41) is 28.6. The lowest BCUT2D eigenvalue weighted by Crippen LogP contribution is -2.50. The predicted octanol–water partition coefficient (Wildman–Crippen LogP) is 3.98. The quantitative estimate of drug-likeness (QED) is 0.406. The van der Waals surface area contributed by atoms with Gasteiger partial charge < -0.3 is 20.4 Å². The largest absolute Gasteiger partial charge is 0.394 e. The molecule has 2 aromatic carbocycles. The number of pyridine rings is 1. The van der Waals surface area contributed by atoms with Crippen molar-refractivity contribution in [3.63, 3.8) is 0 Å². The third kappa shape index (κ3) is 4.13. The van der Waals surface area contributed by atoms with Gasteiger partial charge in [-0.3, -0.25) is 0 Å². The Hall–Kier alpha value is -3.42. The van der Waals surface area contributed by atoms with Gasteiger partial charge in [0.1, 0.15) is 0 Å². The molecule has 2 aromatic heterocycles. The number of hydrogen-bond acceptors (Lipinski definition) is 6. The highest BCUT2D eigenvalue weighted by atomic mass is 16.3. The smallest absolute Gasteiger partial charge is 0.247 e. The Morgan fingerprint density at radius 2 is 1.62 bits per heavy atom. The second-order valence-electron chi connectivity index (χ2n) is 9.30. The zero-order chi connectivity index (χ0) is 23.7. The van der Waals surface area contributed by atoms with Gasteiger partial charge in [0, 0.05) is 30.4 Å². The second-order valence-corrected chi connectivity index (χ2v) is 9.30. The number of fused-ring (bicyclic) bond motifs is 1. The molecule has 0 saturated carbocycles. The molecule has 0 spiro atoms. The molecule has 3 N–H and O–H groups in total. The van der Waals surface area contributed by atoms with Crippen LogP contribution < -0.4 is 10.2 Å². The van der Waals surface area contributed by atoms with E-state index in [9.17, 15) is 10.2 Å². The van der Waals surface area contributed by atoms with E-state index in [1.807, 2.05) is 24.4 Å². The molecule has 1 saturated heterocycles. The van der Waals surface area contributed by atoms with E-state index in [1.54, 1.807) is 4.52 Å². The fraction of sp³-hybridized carbons (Fsp3) is 0.333. The van der Waals surface area contributed by atoms with Gasteiger partial charge in [-0.05, 0) is 56.5 Å². The van der Waals surface area contributed by atoms with E-state index in [4.69, 9.17) is 4.98 Å². The summed E-state index contributed by atoms with van der Waals surface area (Å²) in [6.07, 6.45) is 2.58. The van der Waals surface area contributed by atoms with Crippen LogP contribution in [0, 0.1) is 13.8 Å². The summed E-state index contributed by atoms with van der Waals surface area (Å²) >= 11 is 0. The average molecular weight is 458 g/mol. The number of aryl methyl sites for hydroxylation is 2. The van der Waals surface area contributed by atoms with Crippen molar-refractivity contribution in [2.45, 2.75) is 38.2 Å². The van der Waals surface area contributed by atoms with E-state index in [0.717, 1.165) is 48.5 Å². The Bertz CT molecular complexity index is 1260. The molecule has 3 heterocycles. The lowest BCUT2D eigenvalue weighted by molar-refractivity contribution is 0.0148. The van der Waals surface area contributed by atoms with Gasteiger partial charge in [0.05, 0.1) is 18.4 Å². The topological polar surface area (TPSA) is 85.9 Å². The summed E-state index contributed by atoms with van der Waals surface area (Å²) < 4.78 is 1.80. The number of aliphatic hydroxyl groups excluding tert-OH is 2. The molecule has 0 radical (unpaired) electrons. The van der Waals surface area contributed by atoms with Crippen LogP contribution in [-0.2, 0) is 5.41 Å². The number of nitrogens with one attached hydrogen (secondary N) is 1. The zero-order valence-electron chi connectivity index (χ0n) is 19.6. The van der Waals surface area contributed by atoms with Crippen LogP contribution in [0.4, 0.5) is 17.3 Å². The molecule has 0 bridgehead atoms. The van der Waals surface area contributed by atoms with Gasteiger partial charge in [0.15, 0.2) is 5.65 Å². The van der Waals surface area contributed by atoms with Crippen LogP contribution in [-0.4, -0.2) is 50.6 Å². The lowest BCUT2D eigenvalue weighted by atomic mass is 9.68. The molecule has 7 nitrogen and oxygen atoms in total. The fourth-order valence-corrected chi connectivity index (χ4v) is 4.98. The van der Waals surface area contributed by atoms with Crippen molar-refractivity contribution >= 4 is 23.0 Å². The number of hydrogen-bond donors (Lipinski definition) is 3.